The largest absolute Gasteiger partial charge is 0.321 e. The van der Waals surface area contributed by atoms with Crippen LogP contribution in [0.5, 0.6) is 0 Å². The molecule has 0 aliphatic heterocycles. The molecule has 92 valence electrons. The van der Waals surface area contributed by atoms with Crippen LogP contribution >= 0.6 is 34.2 Å². The molecule has 2 nitrogen and oxygen atoms in total. The quantitative estimate of drug-likeness (QED) is 0.585. The Bertz CT molecular complexity index is 539. The normalized spacial score (nSPS) is 13.5. The first-order chi connectivity index (χ1) is 7.99. The van der Waals surface area contributed by atoms with Crippen LogP contribution in [0.2, 0.25) is 0 Å². The molecular weight excluding hydrogens is 360 g/mol. The van der Waals surface area contributed by atoms with Crippen LogP contribution in [0.3, 0.4) is 0 Å². The molecule has 2 rings (SSSR count). The number of halogens is 4. The van der Waals surface area contributed by atoms with Crippen molar-refractivity contribution in [3.05, 3.63) is 27.6 Å². The number of hydrogen-bond donors (Lipinski definition) is 0. The lowest BCUT2D eigenvalue weighted by Crippen LogP contribution is -2.10. The van der Waals surface area contributed by atoms with Gasteiger partial charge < -0.3 is 4.57 Å². The van der Waals surface area contributed by atoms with Crippen molar-refractivity contribution in [2.24, 2.45) is 0 Å². The van der Waals surface area contributed by atoms with Crippen LogP contribution in [0.1, 0.15) is 18.1 Å². The molecule has 0 aliphatic carbocycles. The summed E-state index contributed by atoms with van der Waals surface area (Å²) < 4.78 is 27.6. The summed E-state index contributed by atoms with van der Waals surface area (Å²) in [6.45, 7) is 1.36. The predicted molar refractivity (Wildman–Crippen MR) is 72.7 cm³/mol. The summed E-state index contributed by atoms with van der Waals surface area (Å²) in [5.41, 5.74) is 1.41. The van der Waals surface area contributed by atoms with Crippen molar-refractivity contribution in [2.45, 2.75) is 25.3 Å². The molecule has 6 heteroatoms. The van der Waals surface area contributed by atoms with E-state index in [0.29, 0.717) is 16.9 Å². The third-order valence-corrected chi connectivity index (χ3v) is 3.28. The van der Waals surface area contributed by atoms with E-state index in [2.05, 4.69) is 27.6 Å². The Labute approximate surface area is 116 Å². The Kier molecular flexibility index (Phi) is 3.87. The van der Waals surface area contributed by atoms with Crippen molar-refractivity contribution >= 4 is 45.2 Å². The number of rotatable bonds is 3. The summed E-state index contributed by atoms with van der Waals surface area (Å²) in [6, 6.07) is 5.53. The van der Waals surface area contributed by atoms with Gasteiger partial charge in [-0.15, -0.1) is 11.6 Å². The van der Waals surface area contributed by atoms with Crippen molar-refractivity contribution in [2.75, 3.05) is 0 Å². The summed E-state index contributed by atoms with van der Waals surface area (Å²) in [4.78, 5) is 4.32. The smallest absolute Gasteiger partial charge is 0.256 e. The minimum atomic E-state index is -2.42. The van der Waals surface area contributed by atoms with E-state index in [1.54, 1.807) is 13.0 Å². The Morgan fingerprint density at radius 2 is 2.18 bits per heavy atom. The van der Waals surface area contributed by atoms with Gasteiger partial charge in [-0.3, -0.25) is 0 Å². The average molecular weight is 371 g/mol. The number of imidazole rings is 1. The van der Waals surface area contributed by atoms with Crippen LogP contribution in [0.25, 0.3) is 11.0 Å². The molecule has 0 aliphatic rings. The highest BCUT2D eigenvalue weighted by molar-refractivity contribution is 14.1. The molecule has 1 heterocycles. The number of benzene rings is 1. The van der Waals surface area contributed by atoms with Crippen molar-refractivity contribution in [1.82, 2.24) is 9.55 Å². The average Bonchev–Trinajstić information content (AvgIpc) is 2.55. The fourth-order valence-electron chi connectivity index (χ4n) is 1.76. The topological polar surface area (TPSA) is 17.8 Å². The zero-order chi connectivity index (χ0) is 12.6. The van der Waals surface area contributed by atoms with Crippen LogP contribution < -0.4 is 0 Å². The van der Waals surface area contributed by atoms with Crippen LogP contribution in [0, 0.1) is 3.57 Å². The van der Waals surface area contributed by atoms with Gasteiger partial charge in [-0.2, -0.15) is 0 Å². The molecule has 17 heavy (non-hydrogen) atoms. The third kappa shape index (κ3) is 2.70. The molecule has 1 unspecified atom stereocenters. The lowest BCUT2D eigenvalue weighted by molar-refractivity contribution is 0.127. The van der Waals surface area contributed by atoms with Gasteiger partial charge in [-0.05, 0) is 47.7 Å². The Morgan fingerprint density at radius 3 is 2.76 bits per heavy atom. The molecular formula is C11H10ClF2IN2. The van der Waals surface area contributed by atoms with Gasteiger partial charge in [0.2, 0.25) is 0 Å². The van der Waals surface area contributed by atoms with Crippen molar-refractivity contribution in [3.63, 3.8) is 0 Å². The number of aromatic nitrogens is 2. The van der Waals surface area contributed by atoms with E-state index in [0.717, 1.165) is 3.57 Å². The number of nitrogens with zero attached hydrogens (tertiary/aromatic N) is 2. The van der Waals surface area contributed by atoms with E-state index in [1.807, 2.05) is 12.1 Å². The highest BCUT2D eigenvalue weighted by atomic mass is 127. The monoisotopic (exact) mass is 370 g/mol. The summed E-state index contributed by atoms with van der Waals surface area (Å²) in [7, 11) is 0. The third-order valence-electron chi connectivity index (χ3n) is 2.42. The second-order valence-electron chi connectivity index (χ2n) is 3.72. The lowest BCUT2D eigenvalue weighted by Gasteiger charge is -2.09. The molecule has 0 N–H and O–H groups in total. The fraction of sp³-hybridized carbons (Fsp3) is 0.364. The van der Waals surface area contributed by atoms with Gasteiger partial charge in [-0.1, -0.05) is 0 Å². The van der Waals surface area contributed by atoms with Crippen molar-refractivity contribution in [3.8, 4) is 0 Å². The van der Waals surface area contributed by atoms with Crippen LogP contribution in [0.4, 0.5) is 8.78 Å². The molecule has 1 aromatic carbocycles. The molecule has 1 atom stereocenters. The summed E-state index contributed by atoms with van der Waals surface area (Å²) in [5, 5.41) is -0.390. The molecule has 0 spiro atoms. The van der Waals surface area contributed by atoms with Gasteiger partial charge in [0, 0.05) is 3.57 Å². The molecule has 0 saturated heterocycles. The molecule has 0 saturated carbocycles. The Morgan fingerprint density at radius 1 is 1.47 bits per heavy atom. The first kappa shape index (κ1) is 13.0. The highest BCUT2D eigenvalue weighted by Gasteiger charge is 2.17. The fourth-order valence-corrected chi connectivity index (χ4v) is 2.40. The molecule has 0 radical (unpaired) electrons. The van der Waals surface area contributed by atoms with E-state index in [-0.39, 0.29) is 11.9 Å². The molecule has 0 amide bonds. The maximum absolute atomic E-state index is 12.6. The van der Waals surface area contributed by atoms with E-state index in [1.165, 1.54) is 4.57 Å². The van der Waals surface area contributed by atoms with Gasteiger partial charge in [0.1, 0.15) is 5.82 Å². The first-order valence-corrected chi connectivity index (χ1v) is 6.58. The molecule has 1 aromatic heterocycles. The maximum atomic E-state index is 12.6. The van der Waals surface area contributed by atoms with Crippen LogP contribution in [0.15, 0.2) is 18.2 Å². The van der Waals surface area contributed by atoms with Gasteiger partial charge in [0.25, 0.3) is 6.43 Å². The first-order valence-electron chi connectivity index (χ1n) is 5.07. The van der Waals surface area contributed by atoms with Crippen LogP contribution in [-0.2, 0) is 6.54 Å². The van der Waals surface area contributed by atoms with Gasteiger partial charge in [0.05, 0.1) is 23.0 Å². The molecule has 0 bridgehead atoms. The summed E-state index contributed by atoms with van der Waals surface area (Å²) in [5.74, 6) is 0.490. The summed E-state index contributed by atoms with van der Waals surface area (Å²) >= 11 is 8.13. The zero-order valence-electron chi connectivity index (χ0n) is 9.00. The zero-order valence-corrected chi connectivity index (χ0v) is 11.9. The summed E-state index contributed by atoms with van der Waals surface area (Å²) in [6.07, 6.45) is -2.42. The van der Waals surface area contributed by atoms with Crippen LogP contribution in [-0.4, -0.2) is 16.0 Å². The second kappa shape index (κ2) is 5.06. The highest BCUT2D eigenvalue weighted by Crippen LogP contribution is 2.26. The van der Waals surface area contributed by atoms with Gasteiger partial charge >= 0.3 is 0 Å². The maximum Gasteiger partial charge on any atom is 0.256 e. The minimum absolute atomic E-state index is 0.372. The second-order valence-corrected chi connectivity index (χ2v) is 5.62. The van der Waals surface area contributed by atoms with Gasteiger partial charge in [0.15, 0.2) is 0 Å². The van der Waals surface area contributed by atoms with Crippen molar-refractivity contribution in [1.29, 1.82) is 0 Å². The standard InChI is InChI=1S/C11H10ClF2IN2/c1-6(12)11-16-8-4-7(15)2-3-9(8)17(11)5-10(13)14/h2-4,6,10H,5H2,1H3. The van der Waals surface area contributed by atoms with Gasteiger partial charge in [-0.25, -0.2) is 13.8 Å². The number of fused-ring (bicyclic) bond motifs is 1. The lowest BCUT2D eigenvalue weighted by atomic mass is 10.3. The number of alkyl halides is 3. The molecule has 2 aromatic rings. The number of hydrogen-bond acceptors (Lipinski definition) is 1. The van der Waals surface area contributed by atoms with E-state index in [4.69, 9.17) is 11.6 Å². The minimum Gasteiger partial charge on any atom is -0.321 e. The Hall–Kier alpha value is -0.430. The predicted octanol–water partition coefficient (Wildman–Crippen LogP) is 4.21. The molecule has 0 fully saturated rings. The van der Waals surface area contributed by atoms with E-state index >= 15 is 0 Å². The SMILES string of the molecule is CC(Cl)c1nc2cc(I)ccc2n1CC(F)F. The Balaban J connectivity index is 2.62. The van der Waals surface area contributed by atoms with E-state index < -0.39 is 6.43 Å². The van der Waals surface area contributed by atoms with E-state index in [9.17, 15) is 8.78 Å². The van der Waals surface area contributed by atoms with Crippen molar-refractivity contribution < 1.29 is 8.78 Å².